The van der Waals surface area contributed by atoms with Gasteiger partial charge in [-0.05, 0) is 31.7 Å². The van der Waals surface area contributed by atoms with Gasteiger partial charge in [0.2, 0.25) is 10.0 Å². The van der Waals surface area contributed by atoms with Crippen molar-refractivity contribution in [2.45, 2.75) is 23.5 Å². The van der Waals surface area contributed by atoms with Gasteiger partial charge in [-0.2, -0.15) is 9.57 Å². The molecule has 0 bridgehead atoms. The Kier molecular flexibility index (Phi) is 4.38. The number of rotatable bonds is 2. The predicted molar refractivity (Wildman–Crippen MR) is 80.6 cm³/mol. The average molecular weight is 339 g/mol. The monoisotopic (exact) mass is 339 g/mol. The molecule has 2 unspecified atom stereocenters. The second-order valence-corrected chi connectivity index (χ2v) is 7.80. The van der Waals surface area contributed by atoms with Gasteiger partial charge in [-0.25, -0.2) is 12.8 Å². The van der Waals surface area contributed by atoms with E-state index in [1.54, 1.807) is 6.07 Å². The van der Waals surface area contributed by atoms with E-state index in [4.69, 9.17) is 10.00 Å². The maximum atomic E-state index is 13.4. The summed E-state index contributed by atoms with van der Waals surface area (Å²) in [6, 6.07) is 5.02. The normalized spacial score (nSPS) is 26.5. The van der Waals surface area contributed by atoms with Crippen molar-refractivity contribution in [2.75, 3.05) is 33.3 Å². The number of sulfonamides is 1. The molecule has 0 aromatic heterocycles. The molecule has 124 valence electrons. The zero-order valence-corrected chi connectivity index (χ0v) is 13.6. The molecule has 0 N–H and O–H groups in total. The molecular formula is C15H18FN3O3S. The molecule has 23 heavy (non-hydrogen) atoms. The Morgan fingerprint density at radius 2 is 2.17 bits per heavy atom. The standard InChI is InChI=1S/C15H18FN3O3S/c1-18-6-7-22-15-4-5-19(10-14(15)18)23(20,21)12-2-3-13(16)11(8-12)9-17/h2-3,8,14-15H,4-7,10H2,1H3. The fourth-order valence-corrected chi connectivity index (χ4v) is 4.63. The van der Waals surface area contributed by atoms with Crippen LogP contribution in [0.15, 0.2) is 23.1 Å². The fraction of sp³-hybridized carbons (Fsp3) is 0.533. The number of hydrogen-bond acceptors (Lipinski definition) is 5. The Hall–Kier alpha value is -1.53. The van der Waals surface area contributed by atoms with Crippen LogP contribution in [0.4, 0.5) is 4.39 Å². The molecule has 8 heteroatoms. The third kappa shape index (κ3) is 2.97. The number of likely N-dealkylation sites (N-methyl/N-ethyl adjacent to an activating group) is 1. The van der Waals surface area contributed by atoms with Crippen LogP contribution in [0.5, 0.6) is 0 Å². The van der Waals surface area contributed by atoms with Gasteiger partial charge in [-0.15, -0.1) is 0 Å². The first-order valence-electron chi connectivity index (χ1n) is 7.45. The second kappa shape index (κ2) is 6.17. The first-order valence-corrected chi connectivity index (χ1v) is 8.89. The molecule has 2 aliphatic heterocycles. The predicted octanol–water partition coefficient (Wildman–Crippen LogP) is 0.791. The lowest BCUT2D eigenvalue weighted by atomic mass is 10.0. The largest absolute Gasteiger partial charge is 0.375 e. The van der Waals surface area contributed by atoms with E-state index in [1.165, 1.54) is 10.4 Å². The molecule has 1 aromatic rings. The lowest BCUT2D eigenvalue weighted by Gasteiger charge is -2.45. The van der Waals surface area contributed by atoms with Gasteiger partial charge in [-0.1, -0.05) is 0 Å². The van der Waals surface area contributed by atoms with Gasteiger partial charge < -0.3 is 4.74 Å². The van der Waals surface area contributed by atoms with Gasteiger partial charge in [-0.3, -0.25) is 4.90 Å². The number of piperidine rings is 1. The van der Waals surface area contributed by atoms with Crippen molar-refractivity contribution < 1.29 is 17.5 Å². The Labute approximate surface area is 135 Å². The molecule has 0 spiro atoms. The SMILES string of the molecule is CN1CCOC2CCN(S(=O)(=O)c3ccc(F)c(C#N)c3)CC21. The highest BCUT2D eigenvalue weighted by atomic mass is 32.2. The topological polar surface area (TPSA) is 73.6 Å². The van der Waals surface area contributed by atoms with Crippen molar-refractivity contribution in [2.24, 2.45) is 0 Å². The molecule has 1 aromatic carbocycles. The Morgan fingerprint density at radius 3 is 2.91 bits per heavy atom. The van der Waals surface area contributed by atoms with E-state index >= 15 is 0 Å². The van der Waals surface area contributed by atoms with Crippen molar-refractivity contribution in [3.05, 3.63) is 29.6 Å². The van der Waals surface area contributed by atoms with E-state index in [1.807, 2.05) is 7.05 Å². The average Bonchev–Trinajstić information content (AvgIpc) is 2.55. The molecule has 0 saturated carbocycles. The summed E-state index contributed by atoms with van der Waals surface area (Å²) < 4.78 is 46.1. The number of hydrogen-bond donors (Lipinski definition) is 0. The number of fused-ring (bicyclic) bond motifs is 1. The molecule has 2 saturated heterocycles. The van der Waals surface area contributed by atoms with Crippen LogP contribution in [0.2, 0.25) is 0 Å². The van der Waals surface area contributed by atoms with E-state index in [9.17, 15) is 12.8 Å². The van der Waals surface area contributed by atoms with Crippen molar-refractivity contribution in [1.82, 2.24) is 9.21 Å². The third-order valence-electron chi connectivity index (χ3n) is 4.52. The zero-order chi connectivity index (χ0) is 16.6. The highest BCUT2D eigenvalue weighted by Gasteiger charge is 2.39. The number of halogens is 1. The lowest BCUT2D eigenvalue weighted by Crippen LogP contribution is -2.59. The lowest BCUT2D eigenvalue weighted by molar-refractivity contribution is -0.0840. The van der Waals surface area contributed by atoms with E-state index in [0.29, 0.717) is 26.1 Å². The minimum Gasteiger partial charge on any atom is -0.375 e. The van der Waals surface area contributed by atoms with Gasteiger partial charge in [0.05, 0.1) is 23.2 Å². The van der Waals surface area contributed by atoms with Crippen LogP contribution in [0.25, 0.3) is 0 Å². The molecule has 0 aliphatic carbocycles. The summed E-state index contributed by atoms with van der Waals surface area (Å²) in [5.74, 6) is -0.717. The fourth-order valence-electron chi connectivity index (χ4n) is 3.13. The number of ether oxygens (including phenoxy) is 1. The van der Waals surface area contributed by atoms with Crippen LogP contribution in [-0.4, -0.2) is 63.1 Å². The molecule has 2 fully saturated rings. The van der Waals surface area contributed by atoms with E-state index < -0.39 is 15.8 Å². The molecule has 0 amide bonds. The minimum atomic E-state index is -3.75. The van der Waals surface area contributed by atoms with E-state index in [0.717, 1.165) is 18.7 Å². The van der Waals surface area contributed by atoms with Crippen LogP contribution >= 0.6 is 0 Å². The highest BCUT2D eigenvalue weighted by Crippen LogP contribution is 2.27. The number of benzene rings is 1. The van der Waals surface area contributed by atoms with Gasteiger partial charge >= 0.3 is 0 Å². The Morgan fingerprint density at radius 1 is 1.39 bits per heavy atom. The molecular weight excluding hydrogens is 321 g/mol. The molecule has 2 heterocycles. The van der Waals surface area contributed by atoms with Crippen LogP contribution in [0, 0.1) is 17.1 Å². The van der Waals surface area contributed by atoms with Gasteiger partial charge in [0.1, 0.15) is 11.9 Å². The van der Waals surface area contributed by atoms with E-state index in [2.05, 4.69) is 4.90 Å². The van der Waals surface area contributed by atoms with E-state index in [-0.39, 0.29) is 22.6 Å². The van der Waals surface area contributed by atoms with Gasteiger partial charge in [0.25, 0.3) is 0 Å². The molecule has 3 rings (SSSR count). The zero-order valence-electron chi connectivity index (χ0n) is 12.8. The summed E-state index contributed by atoms with van der Waals surface area (Å²) in [4.78, 5) is 2.06. The Balaban J connectivity index is 1.87. The third-order valence-corrected chi connectivity index (χ3v) is 6.38. The first kappa shape index (κ1) is 16.3. The molecule has 6 nitrogen and oxygen atoms in total. The minimum absolute atomic E-state index is 0.0168. The maximum absolute atomic E-state index is 13.4. The van der Waals surface area contributed by atoms with Crippen molar-refractivity contribution in [1.29, 1.82) is 5.26 Å². The van der Waals surface area contributed by atoms with Crippen LogP contribution in [0.3, 0.4) is 0 Å². The van der Waals surface area contributed by atoms with Crippen molar-refractivity contribution >= 4 is 10.0 Å². The summed E-state index contributed by atoms with van der Waals surface area (Å²) in [5.41, 5.74) is -0.265. The molecule has 0 radical (unpaired) electrons. The summed E-state index contributed by atoms with van der Waals surface area (Å²) in [7, 11) is -1.79. The number of nitrogens with zero attached hydrogens (tertiary/aromatic N) is 3. The maximum Gasteiger partial charge on any atom is 0.243 e. The first-order chi connectivity index (χ1) is 10.9. The second-order valence-electron chi connectivity index (χ2n) is 5.86. The summed E-state index contributed by atoms with van der Waals surface area (Å²) in [6.45, 7) is 2.12. The smallest absolute Gasteiger partial charge is 0.243 e. The molecule has 2 atom stereocenters. The number of nitriles is 1. The van der Waals surface area contributed by atoms with Gasteiger partial charge in [0.15, 0.2) is 0 Å². The van der Waals surface area contributed by atoms with Crippen LogP contribution in [0.1, 0.15) is 12.0 Å². The summed E-state index contributed by atoms with van der Waals surface area (Å²) in [6.07, 6.45) is 0.670. The molecule has 2 aliphatic rings. The Bertz CT molecular complexity index is 747. The van der Waals surface area contributed by atoms with Crippen LogP contribution < -0.4 is 0 Å². The summed E-state index contributed by atoms with van der Waals surface area (Å²) in [5, 5.41) is 8.89. The van der Waals surface area contributed by atoms with Crippen LogP contribution in [-0.2, 0) is 14.8 Å². The highest BCUT2D eigenvalue weighted by molar-refractivity contribution is 7.89. The van der Waals surface area contributed by atoms with Gasteiger partial charge in [0, 0.05) is 25.7 Å². The van der Waals surface area contributed by atoms with Crippen molar-refractivity contribution in [3.63, 3.8) is 0 Å². The van der Waals surface area contributed by atoms with Crippen molar-refractivity contribution in [3.8, 4) is 6.07 Å². The summed E-state index contributed by atoms with van der Waals surface area (Å²) >= 11 is 0. The number of morpholine rings is 1. The quantitative estimate of drug-likeness (QED) is 0.796.